The predicted molar refractivity (Wildman–Crippen MR) is 95.4 cm³/mol. The molecule has 2 heterocycles. The minimum Gasteiger partial charge on any atom is -0.402 e. The van der Waals surface area contributed by atoms with E-state index in [4.69, 9.17) is 9.31 Å². The summed E-state index contributed by atoms with van der Waals surface area (Å²) in [5, 5.41) is 0. The van der Waals surface area contributed by atoms with Crippen molar-refractivity contribution in [3.8, 4) is 0 Å². The van der Waals surface area contributed by atoms with Gasteiger partial charge in [-0.3, -0.25) is 4.57 Å². The van der Waals surface area contributed by atoms with Crippen LogP contribution >= 0.6 is 0 Å². The molecule has 1 aromatic carbocycles. The third-order valence-electron chi connectivity index (χ3n) is 4.25. The highest BCUT2D eigenvalue weighted by atomic mass is 16.7. The van der Waals surface area contributed by atoms with E-state index in [1.165, 1.54) is 0 Å². The fraction of sp³-hybridized carbons (Fsp3) is 0.588. The quantitative estimate of drug-likeness (QED) is 0.866. The monoisotopic (exact) mass is 318 g/mol. The molecule has 1 aliphatic heterocycles. The lowest BCUT2D eigenvalue weighted by molar-refractivity contribution is 0.0842. The zero-order valence-electron chi connectivity index (χ0n) is 15.1. The summed E-state index contributed by atoms with van der Waals surface area (Å²) >= 11 is 0. The Morgan fingerprint density at radius 2 is 1.96 bits per heavy atom. The largest absolute Gasteiger partial charge is 0.494 e. The Morgan fingerprint density at radius 1 is 1.30 bits per heavy atom. The van der Waals surface area contributed by atoms with Gasteiger partial charge in [0.15, 0.2) is 0 Å². The first-order valence-electron chi connectivity index (χ1n) is 8.37. The number of aromatic amines is 1. The summed E-state index contributed by atoms with van der Waals surface area (Å²) in [5.74, 6) is 0. The second-order valence-electron chi connectivity index (χ2n) is 6.50. The topological polar surface area (TPSA) is 56.2 Å². The lowest BCUT2D eigenvalue weighted by Gasteiger charge is -2.21. The molecule has 1 atom stereocenters. The molecule has 0 bridgehead atoms. The Morgan fingerprint density at radius 3 is 2.48 bits per heavy atom. The Kier molecular flexibility index (Phi) is 5.06. The summed E-state index contributed by atoms with van der Waals surface area (Å²) in [5.41, 5.74) is 2.27. The Bertz CT molecular complexity index is 733. The second kappa shape index (κ2) is 6.53. The number of imidazole rings is 1. The number of nitrogens with zero attached hydrogens (tertiary/aromatic N) is 1. The number of hydrogen-bond acceptors (Lipinski definition) is 3. The summed E-state index contributed by atoms with van der Waals surface area (Å²) in [6, 6.07) is 5.93. The molecule has 3 rings (SSSR count). The predicted octanol–water partition coefficient (Wildman–Crippen LogP) is 2.85. The van der Waals surface area contributed by atoms with Gasteiger partial charge < -0.3 is 14.3 Å². The van der Waals surface area contributed by atoms with E-state index in [1.807, 2.05) is 66.7 Å². The molecule has 0 aliphatic carbocycles. The highest BCUT2D eigenvalue weighted by molar-refractivity contribution is 6.62. The summed E-state index contributed by atoms with van der Waals surface area (Å²) in [7, 11) is -0.384. The maximum absolute atomic E-state index is 12.0. The molecule has 1 aromatic heterocycles. The lowest BCUT2D eigenvalue weighted by atomic mass is 9.79. The minimum absolute atomic E-state index is 0.0247. The van der Waals surface area contributed by atoms with E-state index in [1.54, 1.807) is 4.57 Å². The van der Waals surface area contributed by atoms with Gasteiger partial charge in [-0.15, -0.1) is 0 Å². The van der Waals surface area contributed by atoms with Gasteiger partial charge in [-0.2, -0.15) is 0 Å². The van der Waals surface area contributed by atoms with Gasteiger partial charge in [-0.1, -0.05) is 19.9 Å². The molecular formula is C17H27BN2O3. The van der Waals surface area contributed by atoms with Crippen molar-refractivity contribution < 1.29 is 9.31 Å². The lowest BCUT2D eigenvalue weighted by Crippen LogP contribution is -2.34. The van der Waals surface area contributed by atoms with Gasteiger partial charge in [0.25, 0.3) is 0 Å². The van der Waals surface area contributed by atoms with E-state index in [0.29, 0.717) is 0 Å². The van der Waals surface area contributed by atoms with Gasteiger partial charge >= 0.3 is 12.8 Å². The smallest absolute Gasteiger partial charge is 0.402 e. The molecule has 1 aliphatic rings. The first kappa shape index (κ1) is 17.8. The van der Waals surface area contributed by atoms with Gasteiger partial charge in [0.2, 0.25) is 0 Å². The van der Waals surface area contributed by atoms with Crippen molar-refractivity contribution in [1.29, 1.82) is 0 Å². The number of hydrogen-bond donors (Lipinski definition) is 1. The molecule has 126 valence electrons. The maximum atomic E-state index is 12.0. The van der Waals surface area contributed by atoms with Gasteiger partial charge in [0.05, 0.1) is 22.7 Å². The summed E-state index contributed by atoms with van der Waals surface area (Å²) in [4.78, 5) is 14.9. The van der Waals surface area contributed by atoms with E-state index in [-0.39, 0.29) is 30.6 Å². The second-order valence-corrected chi connectivity index (χ2v) is 6.50. The van der Waals surface area contributed by atoms with E-state index < -0.39 is 0 Å². The average Bonchev–Trinajstić information content (AvgIpc) is 2.96. The van der Waals surface area contributed by atoms with E-state index in [0.717, 1.165) is 16.5 Å². The number of nitrogens with one attached hydrogen (secondary N) is 1. The van der Waals surface area contributed by atoms with Gasteiger partial charge in [0, 0.05) is 6.04 Å². The number of aromatic nitrogens is 2. The van der Waals surface area contributed by atoms with Crippen LogP contribution in [0.3, 0.4) is 0 Å². The van der Waals surface area contributed by atoms with Gasteiger partial charge in [0.1, 0.15) is 0 Å². The van der Waals surface area contributed by atoms with Crippen LogP contribution in [0.1, 0.15) is 54.5 Å². The Hall–Kier alpha value is -1.53. The highest BCUT2D eigenvalue weighted by Gasteiger charge is 2.43. The highest BCUT2D eigenvalue weighted by Crippen LogP contribution is 2.27. The molecule has 6 heteroatoms. The summed E-state index contributed by atoms with van der Waals surface area (Å²) in [6.07, 6.45) is 0.0247. The van der Waals surface area contributed by atoms with Crippen molar-refractivity contribution in [1.82, 2.24) is 9.55 Å². The molecule has 0 saturated carbocycles. The minimum atomic E-state index is -0.384. The van der Waals surface area contributed by atoms with E-state index in [2.05, 4.69) is 4.98 Å². The Balaban J connectivity index is 0.000000924. The van der Waals surface area contributed by atoms with Crippen molar-refractivity contribution in [2.24, 2.45) is 0 Å². The van der Waals surface area contributed by atoms with Crippen molar-refractivity contribution in [3.05, 3.63) is 28.7 Å². The molecule has 1 unspecified atom stereocenters. The standard InChI is InChI=1S/C15H21BN2O3.C2H6/c1-9(2)18-13-8-11(6-7-12(13)17-14(18)19)16-20-10(3)15(4,5)21-16;1-2/h6-10H,1-5H3,(H,17,19);1-2H3. The molecule has 1 saturated heterocycles. The molecule has 1 fully saturated rings. The average molecular weight is 318 g/mol. The van der Waals surface area contributed by atoms with Crippen LogP contribution < -0.4 is 11.2 Å². The van der Waals surface area contributed by atoms with Crippen molar-refractivity contribution in [2.75, 3.05) is 0 Å². The fourth-order valence-electron chi connectivity index (χ4n) is 2.69. The Labute approximate surface area is 138 Å². The van der Waals surface area contributed by atoms with Crippen LogP contribution in [0.5, 0.6) is 0 Å². The molecule has 5 nitrogen and oxygen atoms in total. The number of rotatable bonds is 2. The summed E-state index contributed by atoms with van der Waals surface area (Å²) < 4.78 is 13.6. The molecule has 2 aromatic rings. The van der Waals surface area contributed by atoms with Crippen LogP contribution in [-0.2, 0) is 9.31 Å². The first-order chi connectivity index (χ1) is 10.8. The summed E-state index contributed by atoms with van der Waals surface area (Å²) in [6.45, 7) is 14.1. The van der Waals surface area contributed by atoms with Crippen molar-refractivity contribution in [3.63, 3.8) is 0 Å². The van der Waals surface area contributed by atoms with Gasteiger partial charge in [-0.05, 0) is 52.2 Å². The van der Waals surface area contributed by atoms with E-state index >= 15 is 0 Å². The van der Waals surface area contributed by atoms with Crippen LogP contribution in [0, 0.1) is 0 Å². The molecule has 0 radical (unpaired) electrons. The molecule has 0 spiro atoms. The molecular weight excluding hydrogens is 291 g/mol. The maximum Gasteiger partial charge on any atom is 0.494 e. The molecule has 1 N–H and O–H groups in total. The number of H-pyrrole nitrogens is 1. The SMILES string of the molecule is CC.CC(C)n1c(=O)[nH]c2ccc(B3OC(C)C(C)(C)O3)cc21. The zero-order chi connectivity index (χ0) is 17.4. The van der Waals surface area contributed by atoms with Crippen LogP contribution in [-0.4, -0.2) is 28.4 Å². The third kappa shape index (κ3) is 3.24. The van der Waals surface area contributed by atoms with Crippen LogP contribution in [0.25, 0.3) is 11.0 Å². The normalized spacial score (nSPS) is 20.0. The van der Waals surface area contributed by atoms with Gasteiger partial charge in [-0.25, -0.2) is 4.79 Å². The van der Waals surface area contributed by atoms with E-state index in [9.17, 15) is 4.79 Å². The third-order valence-corrected chi connectivity index (χ3v) is 4.25. The number of fused-ring (bicyclic) bond motifs is 1. The fourth-order valence-corrected chi connectivity index (χ4v) is 2.69. The number of benzene rings is 1. The zero-order valence-corrected chi connectivity index (χ0v) is 15.1. The van der Waals surface area contributed by atoms with Crippen LogP contribution in [0.2, 0.25) is 0 Å². The van der Waals surface area contributed by atoms with Crippen LogP contribution in [0.4, 0.5) is 0 Å². The first-order valence-corrected chi connectivity index (χ1v) is 8.37. The van der Waals surface area contributed by atoms with Crippen molar-refractivity contribution in [2.45, 2.75) is 66.2 Å². The molecule has 0 amide bonds. The van der Waals surface area contributed by atoms with Crippen LogP contribution in [0.15, 0.2) is 23.0 Å². The molecule has 23 heavy (non-hydrogen) atoms. The van der Waals surface area contributed by atoms with Crippen molar-refractivity contribution >= 4 is 23.6 Å².